The molecule has 0 amide bonds. The molecule has 3 N–H and O–H groups in total. The van der Waals surface area contributed by atoms with Gasteiger partial charge in [0.2, 0.25) is 0 Å². The van der Waals surface area contributed by atoms with Gasteiger partial charge in [-0.2, -0.15) is 0 Å². The summed E-state index contributed by atoms with van der Waals surface area (Å²) in [5.74, 6) is -0.0480. The lowest BCUT2D eigenvalue weighted by Crippen LogP contribution is -2.44. The molecule has 19 heavy (non-hydrogen) atoms. The Morgan fingerprint density at radius 3 is 2.47 bits per heavy atom. The minimum Gasteiger partial charge on any atom is -0.496 e. The third-order valence-electron chi connectivity index (χ3n) is 3.27. The molecule has 0 aliphatic carbocycles. The van der Waals surface area contributed by atoms with Crippen molar-refractivity contribution < 1.29 is 14.6 Å². The number of ether oxygens (including phenoxy) is 1. The third-order valence-corrected chi connectivity index (χ3v) is 3.27. The molecule has 0 bridgehead atoms. The number of hydrogen-bond donors (Lipinski definition) is 3. The zero-order chi connectivity index (χ0) is 14.4. The topological polar surface area (TPSA) is 70.6 Å². The molecule has 1 rings (SSSR count). The SMILES string of the molecule is CCc1cc(C(NC)C(NC)C(=O)O)ccc1OC. The number of nitrogens with one attached hydrogen (secondary N) is 2. The van der Waals surface area contributed by atoms with E-state index in [-0.39, 0.29) is 6.04 Å². The number of aryl methyl sites for hydroxylation is 1. The Morgan fingerprint density at radius 2 is 2.05 bits per heavy atom. The van der Waals surface area contributed by atoms with E-state index in [1.807, 2.05) is 25.1 Å². The Morgan fingerprint density at radius 1 is 1.37 bits per heavy atom. The zero-order valence-corrected chi connectivity index (χ0v) is 11.9. The molecule has 0 aliphatic heterocycles. The normalized spacial score (nSPS) is 13.9. The molecule has 0 aromatic heterocycles. The van der Waals surface area contributed by atoms with E-state index in [0.717, 1.165) is 23.3 Å². The first-order valence-corrected chi connectivity index (χ1v) is 6.33. The van der Waals surface area contributed by atoms with E-state index in [9.17, 15) is 9.90 Å². The molecule has 2 atom stereocenters. The minimum absolute atomic E-state index is 0.293. The fraction of sp³-hybridized carbons (Fsp3) is 0.500. The maximum atomic E-state index is 11.3. The first-order chi connectivity index (χ1) is 9.08. The second-order valence-corrected chi connectivity index (χ2v) is 4.30. The van der Waals surface area contributed by atoms with E-state index >= 15 is 0 Å². The molecule has 0 aliphatic rings. The van der Waals surface area contributed by atoms with Crippen molar-refractivity contribution in [3.05, 3.63) is 29.3 Å². The Balaban J connectivity index is 3.14. The lowest BCUT2D eigenvalue weighted by molar-refractivity contribution is -0.140. The van der Waals surface area contributed by atoms with Gasteiger partial charge in [0.05, 0.1) is 13.2 Å². The van der Waals surface area contributed by atoms with Gasteiger partial charge in [-0.1, -0.05) is 19.1 Å². The van der Waals surface area contributed by atoms with Gasteiger partial charge in [0, 0.05) is 0 Å². The van der Waals surface area contributed by atoms with Crippen LogP contribution in [-0.2, 0) is 11.2 Å². The molecule has 2 unspecified atom stereocenters. The van der Waals surface area contributed by atoms with Crippen molar-refractivity contribution in [2.75, 3.05) is 21.2 Å². The maximum absolute atomic E-state index is 11.3. The van der Waals surface area contributed by atoms with Gasteiger partial charge in [0.15, 0.2) is 0 Å². The molecule has 0 spiro atoms. The van der Waals surface area contributed by atoms with Crippen LogP contribution in [-0.4, -0.2) is 38.3 Å². The molecule has 0 fully saturated rings. The van der Waals surface area contributed by atoms with Gasteiger partial charge in [0.25, 0.3) is 0 Å². The van der Waals surface area contributed by atoms with Gasteiger partial charge >= 0.3 is 5.97 Å². The first-order valence-electron chi connectivity index (χ1n) is 6.33. The Bertz CT molecular complexity index is 435. The van der Waals surface area contributed by atoms with E-state index in [2.05, 4.69) is 10.6 Å². The summed E-state index contributed by atoms with van der Waals surface area (Å²) in [4.78, 5) is 11.3. The summed E-state index contributed by atoms with van der Waals surface area (Å²) in [6.07, 6.45) is 0.838. The van der Waals surface area contributed by atoms with Crippen molar-refractivity contribution in [3.63, 3.8) is 0 Å². The van der Waals surface area contributed by atoms with Gasteiger partial charge in [-0.05, 0) is 37.7 Å². The molecular formula is C14H22N2O3. The molecule has 106 valence electrons. The highest BCUT2D eigenvalue weighted by molar-refractivity contribution is 5.75. The van der Waals surface area contributed by atoms with E-state index < -0.39 is 12.0 Å². The second-order valence-electron chi connectivity index (χ2n) is 4.30. The number of rotatable bonds is 7. The van der Waals surface area contributed by atoms with Crippen LogP contribution < -0.4 is 15.4 Å². The van der Waals surface area contributed by atoms with Crippen LogP contribution >= 0.6 is 0 Å². The van der Waals surface area contributed by atoms with Gasteiger partial charge in [-0.15, -0.1) is 0 Å². The number of carboxylic acids is 1. The molecular weight excluding hydrogens is 244 g/mol. The van der Waals surface area contributed by atoms with Crippen LogP contribution in [0.5, 0.6) is 5.75 Å². The van der Waals surface area contributed by atoms with Gasteiger partial charge in [-0.3, -0.25) is 4.79 Å². The molecule has 0 saturated heterocycles. The fourth-order valence-electron chi connectivity index (χ4n) is 2.23. The first kappa shape index (κ1) is 15.5. The lowest BCUT2D eigenvalue weighted by atomic mass is 9.96. The fourth-order valence-corrected chi connectivity index (χ4v) is 2.23. The van der Waals surface area contributed by atoms with Crippen LogP contribution in [0.2, 0.25) is 0 Å². The van der Waals surface area contributed by atoms with Gasteiger partial charge < -0.3 is 20.5 Å². The minimum atomic E-state index is -0.879. The highest BCUT2D eigenvalue weighted by Crippen LogP contribution is 2.25. The molecule has 0 heterocycles. The number of aliphatic carboxylic acids is 1. The quantitative estimate of drug-likeness (QED) is 0.691. The molecule has 5 nitrogen and oxygen atoms in total. The summed E-state index contributed by atoms with van der Waals surface area (Å²) in [5.41, 5.74) is 2.00. The molecule has 0 radical (unpaired) electrons. The van der Waals surface area contributed by atoms with E-state index in [0.29, 0.717) is 0 Å². The van der Waals surface area contributed by atoms with Crippen LogP contribution in [0.4, 0.5) is 0 Å². The Labute approximate surface area is 114 Å². The standard InChI is InChI=1S/C14H22N2O3/c1-5-9-8-10(6-7-11(9)19-4)12(15-2)13(16-3)14(17)18/h6-8,12-13,15-16H,5H2,1-4H3,(H,17,18). The van der Waals surface area contributed by atoms with Crippen molar-refractivity contribution in [1.82, 2.24) is 10.6 Å². The van der Waals surface area contributed by atoms with E-state index in [1.165, 1.54) is 0 Å². The van der Waals surface area contributed by atoms with Crippen molar-refractivity contribution in [1.29, 1.82) is 0 Å². The monoisotopic (exact) mass is 266 g/mol. The van der Waals surface area contributed by atoms with Crippen LogP contribution in [0, 0.1) is 0 Å². The number of carboxylic acid groups (broad SMARTS) is 1. The molecule has 1 aromatic carbocycles. The predicted molar refractivity (Wildman–Crippen MR) is 74.7 cm³/mol. The number of carbonyl (C=O) groups is 1. The van der Waals surface area contributed by atoms with Gasteiger partial charge in [0.1, 0.15) is 11.8 Å². The maximum Gasteiger partial charge on any atom is 0.322 e. The van der Waals surface area contributed by atoms with E-state index in [1.54, 1.807) is 21.2 Å². The van der Waals surface area contributed by atoms with Crippen LogP contribution in [0.3, 0.4) is 0 Å². The summed E-state index contributed by atoms with van der Waals surface area (Å²) in [5, 5.41) is 15.1. The van der Waals surface area contributed by atoms with E-state index in [4.69, 9.17) is 4.74 Å². The number of hydrogen-bond acceptors (Lipinski definition) is 4. The molecule has 0 saturated carbocycles. The molecule has 1 aromatic rings. The van der Waals surface area contributed by atoms with Crippen molar-refractivity contribution >= 4 is 5.97 Å². The zero-order valence-electron chi connectivity index (χ0n) is 11.9. The number of benzene rings is 1. The predicted octanol–water partition coefficient (Wildman–Crippen LogP) is 1.19. The average Bonchev–Trinajstić information content (AvgIpc) is 2.43. The van der Waals surface area contributed by atoms with Crippen LogP contribution in [0.1, 0.15) is 24.1 Å². The second kappa shape index (κ2) is 7.11. The smallest absolute Gasteiger partial charge is 0.322 e. The van der Waals surface area contributed by atoms with Crippen molar-refractivity contribution in [2.45, 2.75) is 25.4 Å². The summed E-state index contributed by atoms with van der Waals surface area (Å²) in [6.45, 7) is 2.04. The average molecular weight is 266 g/mol. The van der Waals surface area contributed by atoms with Crippen molar-refractivity contribution in [3.8, 4) is 5.75 Å². The number of likely N-dealkylation sites (N-methyl/N-ethyl adjacent to an activating group) is 2. The third kappa shape index (κ3) is 3.45. The summed E-state index contributed by atoms with van der Waals surface area (Å²) >= 11 is 0. The summed E-state index contributed by atoms with van der Waals surface area (Å²) < 4.78 is 5.29. The van der Waals surface area contributed by atoms with Crippen LogP contribution in [0.15, 0.2) is 18.2 Å². The number of methoxy groups -OCH3 is 1. The highest BCUT2D eigenvalue weighted by Gasteiger charge is 2.27. The summed E-state index contributed by atoms with van der Waals surface area (Å²) in [6, 6.07) is 4.80. The molecule has 5 heteroatoms. The van der Waals surface area contributed by atoms with Gasteiger partial charge in [-0.25, -0.2) is 0 Å². The Hall–Kier alpha value is -1.59. The highest BCUT2D eigenvalue weighted by atomic mass is 16.5. The summed E-state index contributed by atoms with van der Waals surface area (Å²) in [7, 11) is 5.04. The van der Waals surface area contributed by atoms with Crippen LogP contribution in [0.25, 0.3) is 0 Å². The largest absolute Gasteiger partial charge is 0.496 e. The van der Waals surface area contributed by atoms with Crippen molar-refractivity contribution in [2.24, 2.45) is 0 Å². The Kier molecular flexibility index (Phi) is 5.79. The lowest BCUT2D eigenvalue weighted by Gasteiger charge is -2.24.